The number of benzene rings is 2. The lowest BCUT2D eigenvalue weighted by molar-refractivity contribution is 0.249. The van der Waals surface area contributed by atoms with E-state index in [4.69, 9.17) is 14.2 Å². The highest BCUT2D eigenvalue weighted by molar-refractivity contribution is 5.70. The maximum absolute atomic E-state index is 13.3. The number of halogens is 1. The van der Waals surface area contributed by atoms with Gasteiger partial charge in [-0.3, -0.25) is 10.00 Å². The number of likely N-dealkylation sites (tertiary alicyclic amines) is 1. The summed E-state index contributed by atoms with van der Waals surface area (Å²) < 4.78 is 29.8. The van der Waals surface area contributed by atoms with Crippen LogP contribution in [0.3, 0.4) is 0 Å². The number of hydrogen-bond donors (Lipinski definition) is 1. The molecule has 3 aromatic rings. The van der Waals surface area contributed by atoms with Crippen molar-refractivity contribution in [1.29, 1.82) is 0 Å². The summed E-state index contributed by atoms with van der Waals surface area (Å²) in [6.07, 6.45) is 4.03. The van der Waals surface area contributed by atoms with Crippen molar-refractivity contribution in [2.24, 2.45) is 0 Å². The Morgan fingerprint density at radius 1 is 1.07 bits per heavy atom. The van der Waals surface area contributed by atoms with E-state index in [0.717, 1.165) is 48.3 Å². The first-order chi connectivity index (χ1) is 14.6. The third-order valence-electron chi connectivity index (χ3n) is 5.66. The first kappa shape index (κ1) is 20.2. The molecule has 1 aliphatic rings. The largest absolute Gasteiger partial charge is 0.493 e. The van der Waals surface area contributed by atoms with Crippen LogP contribution in [0, 0.1) is 5.82 Å². The summed E-state index contributed by atoms with van der Waals surface area (Å²) >= 11 is 0. The third-order valence-corrected chi connectivity index (χ3v) is 5.66. The van der Waals surface area contributed by atoms with Gasteiger partial charge in [-0.15, -0.1) is 0 Å². The molecule has 1 aliphatic heterocycles. The standard InChI is InChI=1S/C23H26FN3O3/c1-28-20-11-16(12-21(29-2)23(20)30-3)22-17(13-25-26-22)14-27-10-4-5-19(27)15-6-8-18(24)9-7-15/h6-9,11-13,19H,4-5,10,14H2,1-3H3,(H,25,26)/t19-/m1/s1. The van der Waals surface area contributed by atoms with Gasteiger partial charge in [0.2, 0.25) is 5.75 Å². The Kier molecular flexibility index (Phi) is 5.90. The molecule has 158 valence electrons. The number of nitrogens with one attached hydrogen (secondary N) is 1. The molecule has 0 radical (unpaired) electrons. The Hall–Kier alpha value is -3.06. The summed E-state index contributed by atoms with van der Waals surface area (Å²) in [5.41, 5.74) is 4.05. The fraction of sp³-hybridized carbons (Fsp3) is 0.348. The van der Waals surface area contributed by atoms with Crippen LogP contribution in [0.25, 0.3) is 11.3 Å². The lowest BCUT2D eigenvalue weighted by Gasteiger charge is -2.25. The van der Waals surface area contributed by atoms with E-state index in [0.29, 0.717) is 17.2 Å². The molecule has 1 aromatic heterocycles. The summed E-state index contributed by atoms with van der Waals surface area (Å²) in [5, 5.41) is 7.41. The third kappa shape index (κ3) is 3.85. The van der Waals surface area contributed by atoms with E-state index in [1.165, 1.54) is 12.1 Å². The van der Waals surface area contributed by atoms with E-state index in [1.807, 2.05) is 30.5 Å². The van der Waals surface area contributed by atoms with Crippen LogP contribution in [0.15, 0.2) is 42.6 Å². The minimum atomic E-state index is -0.206. The molecule has 1 fully saturated rings. The summed E-state index contributed by atoms with van der Waals surface area (Å²) in [4.78, 5) is 2.42. The summed E-state index contributed by atoms with van der Waals surface area (Å²) in [6.45, 7) is 1.73. The SMILES string of the molecule is COc1cc(-c2[nH]ncc2CN2CCC[C@@H]2c2ccc(F)cc2)cc(OC)c1OC. The average Bonchev–Trinajstić information content (AvgIpc) is 3.43. The van der Waals surface area contributed by atoms with Crippen LogP contribution < -0.4 is 14.2 Å². The van der Waals surface area contributed by atoms with Gasteiger partial charge in [0.25, 0.3) is 0 Å². The van der Waals surface area contributed by atoms with Crippen LogP contribution in [0.2, 0.25) is 0 Å². The van der Waals surface area contributed by atoms with Crippen molar-refractivity contribution in [2.75, 3.05) is 27.9 Å². The average molecular weight is 411 g/mol. The van der Waals surface area contributed by atoms with Gasteiger partial charge in [-0.25, -0.2) is 4.39 Å². The fourth-order valence-corrected chi connectivity index (χ4v) is 4.20. The molecule has 2 aromatic carbocycles. The smallest absolute Gasteiger partial charge is 0.203 e. The van der Waals surface area contributed by atoms with Gasteiger partial charge in [0.1, 0.15) is 5.82 Å². The van der Waals surface area contributed by atoms with Gasteiger partial charge in [0, 0.05) is 23.7 Å². The van der Waals surface area contributed by atoms with E-state index in [9.17, 15) is 4.39 Å². The highest BCUT2D eigenvalue weighted by atomic mass is 19.1. The van der Waals surface area contributed by atoms with Gasteiger partial charge in [-0.05, 0) is 49.2 Å². The second kappa shape index (κ2) is 8.75. The molecule has 7 heteroatoms. The van der Waals surface area contributed by atoms with Crippen molar-refractivity contribution in [3.8, 4) is 28.5 Å². The lowest BCUT2D eigenvalue weighted by atomic mass is 10.0. The van der Waals surface area contributed by atoms with Crippen molar-refractivity contribution >= 4 is 0 Å². The second-order valence-electron chi connectivity index (χ2n) is 7.36. The maximum Gasteiger partial charge on any atom is 0.203 e. The van der Waals surface area contributed by atoms with E-state index >= 15 is 0 Å². The molecule has 1 atom stereocenters. The first-order valence-corrected chi connectivity index (χ1v) is 9.96. The lowest BCUT2D eigenvalue weighted by Crippen LogP contribution is -2.22. The number of rotatable bonds is 7. The zero-order valence-electron chi connectivity index (χ0n) is 17.4. The molecule has 2 heterocycles. The van der Waals surface area contributed by atoms with Gasteiger partial charge in [0.05, 0.1) is 33.2 Å². The maximum atomic E-state index is 13.3. The number of ether oxygens (including phenoxy) is 3. The second-order valence-corrected chi connectivity index (χ2v) is 7.36. The monoisotopic (exact) mass is 411 g/mol. The minimum absolute atomic E-state index is 0.206. The number of aromatic amines is 1. The van der Waals surface area contributed by atoms with Crippen molar-refractivity contribution in [2.45, 2.75) is 25.4 Å². The highest BCUT2D eigenvalue weighted by Gasteiger charge is 2.27. The normalized spacial score (nSPS) is 16.6. The Morgan fingerprint density at radius 3 is 2.40 bits per heavy atom. The van der Waals surface area contributed by atoms with Crippen molar-refractivity contribution in [3.05, 3.63) is 59.5 Å². The number of H-pyrrole nitrogens is 1. The molecule has 6 nitrogen and oxygen atoms in total. The Labute approximate surface area is 175 Å². The number of nitrogens with zero attached hydrogens (tertiary/aromatic N) is 2. The van der Waals surface area contributed by atoms with Gasteiger partial charge >= 0.3 is 0 Å². The van der Waals surface area contributed by atoms with Crippen LogP contribution in [0.5, 0.6) is 17.2 Å². The quantitative estimate of drug-likeness (QED) is 0.617. The zero-order chi connectivity index (χ0) is 21.1. The molecule has 0 bridgehead atoms. The Bertz CT molecular complexity index is 978. The Morgan fingerprint density at radius 2 is 1.77 bits per heavy atom. The molecule has 0 amide bonds. The number of hydrogen-bond acceptors (Lipinski definition) is 5. The van der Waals surface area contributed by atoms with Crippen LogP contribution >= 0.6 is 0 Å². The topological polar surface area (TPSA) is 59.6 Å². The van der Waals surface area contributed by atoms with Gasteiger partial charge in [0.15, 0.2) is 11.5 Å². The molecule has 0 saturated carbocycles. The van der Waals surface area contributed by atoms with Crippen LogP contribution in [0.4, 0.5) is 4.39 Å². The zero-order valence-corrected chi connectivity index (χ0v) is 17.4. The molecule has 4 rings (SSSR count). The van der Waals surface area contributed by atoms with Crippen molar-refractivity contribution in [1.82, 2.24) is 15.1 Å². The highest BCUT2D eigenvalue weighted by Crippen LogP contribution is 2.42. The van der Waals surface area contributed by atoms with Crippen molar-refractivity contribution < 1.29 is 18.6 Å². The predicted molar refractivity (Wildman–Crippen MR) is 112 cm³/mol. The molecule has 1 N–H and O–H groups in total. The van der Waals surface area contributed by atoms with E-state index in [1.54, 1.807) is 21.3 Å². The van der Waals surface area contributed by atoms with E-state index < -0.39 is 0 Å². The summed E-state index contributed by atoms with van der Waals surface area (Å²) in [6, 6.07) is 10.9. The number of methoxy groups -OCH3 is 3. The van der Waals surface area contributed by atoms with Crippen molar-refractivity contribution in [3.63, 3.8) is 0 Å². The van der Waals surface area contributed by atoms with Crippen LogP contribution in [0.1, 0.15) is 30.0 Å². The Balaban J connectivity index is 1.63. The molecule has 0 aliphatic carbocycles. The van der Waals surface area contributed by atoms with Gasteiger partial charge in [-0.1, -0.05) is 12.1 Å². The van der Waals surface area contributed by atoms with Gasteiger partial charge in [-0.2, -0.15) is 5.10 Å². The molecule has 1 saturated heterocycles. The van der Waals surface area contributed by atoms with E-state index in [-0.39, 0.29) is 11.9 Å². The van der Waals surface area contributed by atoms with E-state index in [2.05, 4.69) is 15.1 Å². The summed E-state index contributed by atoms with van der Waals surface area (Å²) in [5.74, 6) is 1.54. The molecular formula is C23H26FN3O3. The molecule has 30 heavy (non-hydrogen) atoms. The molecule has 0 unspecified atom stereocenters. The van der Waals surface area contributed by atoms with Crippen LogP contribution in [-0.2, 0) is 6.54 Å². The number of aromatic nitrogens is 2. The van der Waals surface area contributed by atoms with Crippen LogP contribution in [-0.4, -0.2) is 43.0 Å². The summed E-state index contributed by atoms with van der Waals surface area (Å²) in [7, 11) is 4.80. The van der Waals surface area contributed by atoms with Gasteiger partial charge < -0.3 is 14.2 Å². The minimum Gasteiger partial charge on any atom is -0.493 e. The fourth-order valence-electron chi connectivity index (χ4n) is 4.20. The molecular weight excluding hydrogens is 385 g/mol. The predicted octanol–water partition coefficient (Wildman–Crippen LogP) is 4.58. The molecule has 0 spiro atoms. The first-order valence-electron chi connectivity index (χ1n) is 9.96.